The Bertz CT molecular complexity index is 1300. The zero-order chi connectivity index (χ0) is 25.2. The summed E-state index contributed by atoms with van der Waals surface area (Å²) in [7, 11) is 0. The average Bonchev–Trinajstić information content (AvgIpc) is 2.76. The highest BCUT2D eigenvalue weighted by atomic mass is 19.4. The molecule has 0 spiro atoms. The second-order valence-electron chi connectivity index (χ2n) is 7.74. The standard InChI is InChI=1S/C24H18F4N4O3/c1-14-2-8-19(32-22(33)31-17-6-3-15(13-29)4-7-17)21(30-14)35-20-9-5-16(25)12-18(20)23(10-11-34-23)24(26,27)28/h2-9,12H,10-11H2,1H3,(H2,31,32,33). The van der Waals surface area contributed by atoms with Crippen molar-refractivity contribution in [1.29, 1.82) is 5.26 Å². The first-order chi connectivity index (χ1) is 16.6. The third-order valence-corrected chi connectivity index (χ3v) is 5.36. The quantitative estimate of drug-likeness (QED) is 0.430. The van der Waals surface area contributed by atoms with Gasteiger partial charge >= 0.3 is 12.2 Å². The molecule has 0 radical (unpaired) electrons. The van der Waals surface area contributed by atoms with Gasteiger partial charge in [0.25, 0.3) is 0 Å². The number of anilines is 2. The lowest BCUT2D eigenvalue weighted by Crippen LogP contribution is -2.52. The maximum atomic E-state index is 14.0. The number of benzene rings is 2. The summed E-state index contributed by atoms with van der Waals surface area (Å²) < 4.78 is 66.1. The van der Waals surface area contributed by atoms with Gasteiger partial charge in [-0.1, -0.05) is 0 Å². The molecule has 1 fully saturated rings. The minimum absolute atomic E-state index is 0.0626. The molecule has 1 saturated heterocycles. The number of pyridine rings is 1. The summed E-state index contributed by atoms with van der Waals surface area (Å²) in [5, 5.41) is 14.0. The fourth-order valence-electron chi connectivity index (χ4n) is 3.52. The van der Waals surface area contributed by atoms with Crippen molar-refractivity contribution in [2.45, 2.75) is 25.1 Å². The lowest BCUT2D eigenvalue weighted by atomic mass is 9.85. The Labute approximate surface area is 197 Å². The summed E-state index contributed by atoms with van der Waals surface area (Å²) in [6.45, 7) is 1.49. The third-order valence-electron chi connectivity index (χ3n) is 5.36. The number of carbonyl (C=O) groups is 1. The normalized spacial score (nSPS) is 17.1. The number of aryl methyl sites for hydroxylation is 1. The van der Waals surface area contributed by atoms with Gasteiger partial charge in [-0.2, -0.15) is 18.4 Å². The maximum Gasteiger partial charge on any atom is 0.421 e. The Morgan fingerprint density at radius 2 is 1.86 bits per heavy atom. The van der Waals surface area contributed by atoms with E-state index in [1.165, 1.54) is 30.3 Å². The smallest absolute Gasteiger partial charge is 0.421 e. The summed E-state index contributed by atoms with van der Waals surface area (Å²) >= 11 is 0. The van der Waals surface area contributed by atoms with Crippen LogP contribution in [0.5, 0.6) is 11.6 Å². The molecule has 2 aromatic carbocycles. The lowest BCUT2D eigenvalue weighted by molar-refractivity contribution is -0.333. The van der Waals surface area contributed by atoms with Crippen LogP contribution in [0.3, 0.4) is 0 Å². The molecular formula is C24H18F4N4O3. The molecule has 2 heterocycles. The van der Waals surface area contributed by atoms with Crippen molar-refractivity contribution in [3.63, 3.8) is 0 Å². The first-order valence-electron chi connectivity index (χ1n) is 10.4. The Kier molecular flexibility index (Phi) is 6.32. The first kappa shape index (κ1) is 24.0. The van der Waals surface area contributed by atoms with Gasteiger partial charge in [-0.15, -0.1) is 0 Å². The number of halogens is 4. The van der Waals surface area contributed by atoms with E-state index in [0.717, 1.165) is 18.2 Å². The molecule has 1 aliphatic heterocycles. The number of nitriles is 1. The molecule has 1 aliphatic rings. The van der Waals surface area contributed by atoms with Gasteiger partial charge in [-0.05, 0) is 61.5 Å². The van der Waals surface area contributed by atoms with Crippen molar-refractivity contribution in [3.8, 4) is 17.7 Å². The SMILES string of the molecule is Cc1ccc(NC(=O)Nc2ccc(C#N)cc2)c(Oc2ccc(F)cc2C2(C(F)(F)F)CCO2)n1. The zero-order valence-corrected chi connectivity index (χ0v) is 18.2. The van der Waals surface area contributed by atoms with E-state index in [-0.39, 0.29) is 23.9 Å². The summed E-state index contributed by atoms with van der Waals surface area (Å²) in [6.07, 6.45) is -5.20. The number of rotatable bonds is 5. The van der Waals surface area contributed by atoms with Gasteiger partial charge in [0, 0.05) is 23.4 Å². The molecule has 180 valence electrons. The molecule has 2 amide bonds. The molecule has 35 heavy (non-hydrogen) atoms. The van der Waals surface area contributed by atoms with Gasteiger partial charge in [0.1, 0.15) is 17.3 Å². The average molecular weight is 486 g/mol. The number of carbonyl (C=O) groups excluding carboxylic acids is 1. The van der Waals surface area contributed by atoms with E-state index < -0.39 is 35.6 Å². The maximum absolute atomic E-state index is 14.0. The summed E-state index contributed by atoms with van der Waals surface area (Å²) in [5.74, 6) is -1.38. The summed E-state index contributed by atoms with van der Waals surface area (Å²) in [5.41, 5.74) is -1.88. The van der Waals surface area contributed by atoms with Gasteiger partial charge in [0.15, 0.2) is 5.60 Å². The van der Waals surface area contributed by atoms with E-state index in [1.54, 1.807) is 13.0 Å². The van der Waals surface area contributed by atoms with E-state index in [9.17, 15) is 22.4 Å². The van der Waals surface area contributed by atoms with Crippen LogP contribution in [-0.2, 0) is 10.3 Å². The van der Waals surface area contributed by atoms with Crippen molar-refractivity contribution < 1.29 is 31.8 Å². The number of ether oxygens (including phenoxy) is 2. The number of hydrogen-bond acceptors (Lipinski definition) is 5. The Morgan fingerprint density at radius 3 is 2.46 bits per heavy atom. The van der Waals surface area contributed by atoms with Crippen LogP contribution in [0.15, 0.2) is 54.6 Å². The highest BCUT2D eigenvalue weighted by Gasteiger charge is 2.62. The first-order valence-corrected chi connectivity index (χ1v) is 10.4. The van der Waals surface area contributed by atoms with Crippen LogP contribution < -0.4 is 15.4 Å². The fourth-order valence-corrected chi connectivity index (χ4v) is 3.52. The molecule has 1 aromatic heterocycles. The van der Waals surface area contributed by atoms with Crippen LogP contribution in [0, 0.1) is 24.1 Å². The summed E-state index contributed by atoms with van der Waals surface area (Å²) in [4.78, 5) is 16.7. The van der Waals surface area contributed by atoms with Crippen molar-refractivity contribution >= 4 is 17.4 Å². The van der Waals surface area contributed by atoms with Gasteiger partial charge < -0.3 is 20.1 Å². The molecule has 1 unspecified atom stereocenters. The van der Waals surface area contributed by atoms with Crippen molar-refractivity contribution in [2.24, 2.45) is 0 Å². The van der Waals surface area contributed by atoms with Crippen LogP contribution >= 0.6 is 0 Å². The highest BCUT2D eigenvalue weighted by molar-refractivity contribution is 6.00. The number of aromatic nitrogens is 1. The predicted octanol–water partition coefficient (Wildman–Crippen LogP) is 6.02. The van der Waals surface area contributed by atoms with Crippen molar-refractivity contribution in [3.05, 3.63) is 77.2 Å². The van der Waals surface area contributed by atoms with E-state index in [1.807, 2.05) is 6.07 Å². The fraction of sp³-hybridized carbons (Fsp3) is 0.208. The zero-order valence-electron chi connectivity index (χ0n) is 18.2. The third kappa shape index (κ3) is 4.88. The lowest BCUT2D eigenvalue weighted by Gasteiger charge is -2.43. The Hall–Kier alpha value is -4.17. The van der Waals surface area contributed by atoms with Crippen LogP contribution in [0.4, 0.5) is 33.7 Å². The molecule has 0 saturated carbocycles. The molecule has 7 nitrogen and oxygen atoms in total. The summed E-state index contributed by atoms with van der Waals surface area (Å²) in [6, 6.07) is 13.2. The highest BCUT2D eigenvalue weighted by Crippen LogP contribution is 2.53. The number of alkyl halides is 3. The topological polar surface area (TPSA) is 96.3 Å². The van der Waals surface area contributed by atoms with Crippen LogP contribution in [0.1, 0.15) is 23.2 Å². The van der Waals surface area contributed by atoms with Gasteiger partial charge in [-0.25, -0.2) is 14.2 Å². The minimum atomic E-state index is -4.81. The number of urea groups is 1. The van der Waals surface area contributed by atoms with Crippen molar-refractivity contribution in [2.75, 3.05) is 17.2 Å². The van der Waals surface area contributed by atoms with Crippen LogP contribution in [0.25, 0.3) is 0 Å². The number of nitrogens with one attached hydrogen (secondary N) is 2. The minimum Gasteiger partial charge on any atom is -0.437 e. The molecule has 2 N–H and O–H groups in total. The molecule has 4 rings (SSSR count). The predicted molar refractivity (Wildman–Crippen MR) is 118 cm³/mol. The number of nitrogens with zero attached hydrogens (tertiary/aromatic N) is 2. The molecule has 11 heteroatoms. The second kappa shape index (κ2) is 9.23. The van der Waals surface area contributed by atoms with E-state index in [4.69, 9.17) is 14.7 Å². The van der Waals surface area contributed by atoms with Gasteiger partial charge in [0.2, 0.25) is 5.88 Å². The monoisotopic (exact) mass is 486 g/mol. The van der Waals surface area contributed by atoms with E-state index >= 15 is 0 Å². The van der Waals surface area contributed by atoms with Gasteiger partial charge in [-0.3, -0.25) is 0 Å². The molecule has 0 aliphatic carbocycles. The molecular weight excluding hydrogens is 468 g/mol. The number of hydrogen-bond donors (Lipinski definition) is 2. The molecule has 0 bridgehead atoms. The van der Waals surface area contributed by atoms with E-state index in [0.29, 0.717) is 16.9 Å². The Balaban J connectivity index is 1.62. The molecule has 1 atom stereocenters. The van der Waals surface area contributed by atoms with Crippen LogP contribution in [0.2, 0.25) is 0 Å². The van der Waals surface area contributed by atoms with Gasteiger partial charge in [0.05, 0.1) is 18.2 Å². The molecule has 3 aromatic rings. The van der Waals surface area contributed by atoms with E-state index in [2.05, 4.69) is 15.6 Å². The second-order valence-corrected chi connectivity index (χ2v) is 7.74. The largest absolute Gasteiger partial charge is 0.437 e. The Morgan fingerprint density at radius 1 is 1.14 bits per heavy atom. The van der Waals surface area contributed by atoms with Crippen LogP contribution in [-0.4, -0.2) is 23.8 Å². The number of amides is 2. The van der Waals surface area contributed by atoms with Crippen molar-refractivity contribution in [1.82, 2.24) is 4.98 Å².